The molecule has 2 amide bonds. The molecule has 3 rings (SSSR count). The highest BCUT2D eigenvalue weighted by Gasteiger charge is 2.36. The molecule has 2 aromatic rings. The number of carbonyl (C=O) groups is 2. The Morgan fingerprint density at radius 1 is 1.21 bits per heavy atom. The van der Waals surface area contributed by atoms with E-state index in [1.54, 1.807) is 20.1 Å². The Hall–Kier alpha value is -3.12. The van der Waals surface area contributed by atoms with Crippen molar-refractivity contribution in [2.24, 2.45) is 0 Å². The first-order chi connectivity index (χ1) is 13.6. The smallest absolute Gasteiger partial charge is 0.338 e. The van der Waals surface area contributed by atoms with Gasteiger partial charge in [0.25, 0.3) is 0 Å². The number of hydrogen-bond acceptors (Lipinski definition) is 4. The number of amides is 2. The predicted octanol–water partition coefficient (Wildman–Crippen LogP) is 3.56. The minimum atomic E-state index is -0.590. The van der Waals surface area contributed by atoms with Crippen LogP contribution in [0.3, 0.4) is 0 Å². The van der Waals surface area contributed by atoms with Gasteiger partial charge in [-0.2, -0.15) is 0 Å². The average molecular weight is 380 g/mol. The summed E-state index contributed by atoms with van der Waals surface area (Å²) in [7, 11) is 1.54. The zero-order valence-electron chi connectivity index (χ0n) is 16.1. The molecule has 0 spiro atoms. The molecule has 0 aliphatic carbocycles. The number of carbonyl (C=O) groups excluding carboxylic acids is 2. The number of allylic oxidation sites excluding steroid dienone is 1. The maximum Gasteiger partial charge on any atom is 0.338 e. The van der Waals surface area contributed by atoms with Gasteiger partial charge in [-0.05, 0) is 29.3 Å². The van der Waals surface area contributed by atoms with E-state index in [1.807, 2.05) is 42.5 Å². The predicted molar refractivity (Wildman–Crippen MR) is 108 cm³/mol. The van der Waals surface area contributed by atoms with E-state index in [9.17, 15) is 9.59 Å². The summed E-state index contributed by atoms with van der Waals surface area (Å²) in [6.07, 6.45) is 1.62. The standard InChI is InChI=1S/C22H24N2O4/c1-4-11-24-15(2)19(21(25)28-13-12-27-3)20(23-22(24)26)18-10-9-16-7-5-6-8-17(16)14-18/h4-10,14,20H,1,11-13H2,2-3H3,(H,23,26)/t20-/m1/s1. The number of methoxy groups -OCH3 is 1. The number of ether oxygens (including phenoxy) is 2. The van der Waals surface area contributed by atoms with Gasteiger partial charge in [0.1, 0.15) is 6.61 Å². The van der Waals surface area contributed by atoms with Crippen molar-refractivity contribution in [2.45, 2.75) is 13.0 Å². The number of urea groups is 1. The van der Waals surface area contributed by atoms with Gasteiger partial charge in [-0.3, -0.25) is 4.90 Å². The molecule has 1 atom stereocenters. The molecule has 0 saturated heterocycles. The van der Waals surface area contributed by atoms with Crippen LogP contribution in [0.4, 0.5) is 4.79 Å². The van der Waals surface area contributed by atoms with Gasteiger partial charge in [0, 0.05) is 19.4 Å². The molecule has 146 valence electrons. The van der Waals surface area contributed by atoms with Crippen molar-refractivity contribution in [3.63, 3.8) is 0 Å². The molecule has 0 aromatic heterocycles. The Labute approximate surface area is 164 Å². The molecule has 1 aliphatic heterocycles. The normalized spacial score (nSPS) is 16.9. The highest BCUT2D eigenvalue weighted by molar-refractivity contribution is 5.95. The molecule has 0 saturated carbocycles. The second kappa shape index (κ2) is 8.71. The highest BCUT2D eigenvalue weighted by Crippen LogP contribution is 2.32. The summed E-state index contributed by atoms with van der Waals surface area (Å²) in [6, 6.07) is 13.0. The summed E-state index contributed by atoms with van der Waals surface area (Å²) in [5.41, 5.74) is 1.79. The van der Waals surface area contributed by atoms with Crippen LogP contribution in [-0.2, 0) is 14.3 Å². The van der Waals surface area contributed by atoms with Crippen molar-refractivity contribution < 1.29 is 19.1 Å². The molecular formula is C22H24N2O4. The van der Waals surface area contributed by atoms with E-state index in [1.165, 1.54) is 4.90 Å². The molecule has 2 aromatic carbocycles. The zero-order chi connectivity index (χ0) is 20.1. The zero-order valence-corrected chi connectivity index (χ0v) is 16.1. The third kappa shape index (κ3) is 3.92. The number of nitrogens with zero attached hydrogens (tertiary/aromatic N) is 1. The summed E-state index contributed by atoms with van der Waals surface area (Å²) in [5, 5.41) is 5.06. The Bertz CT molecular complexity index is 935. The molecular weight excluding hydrogens is 356 g/mol. The first kappa shape index (κ1) is 19.6. The Morgan fingerprint density at radius 2 is 1.96 bits per heavy atom. The molecule has 1 heterocycles. The van der Waals surface area contributed by atoms with Crippen molar-refractivity contribution >= 4 is 22.8 Å². The number of esters is 1. The molecule has 1 aliphatic rings. The number of hydrogen-bond donors (Lipinski definition) is 1. The van der Waals surface area contributed by atoms with E-state index in [0.29, 0.717) is 24.4 Å². The van der Waals surface area contributed by atoms with Gasteiger partial charge < -0.3 is 14.8 Å². The lowest BCUT2D eigenvalue weighted by Gasteiger charge is -2.35. The fraction of sp³-hybridized carbons (Fsp3) is 0.273. The Kier molecular flexibility index (Phi) is 6.11. The Balaban J connectivity index is 2.03. The highest BCUT2D eigenvalue weighted by atomic mass is 16.6. The fourth-order valence-corrected chi connectivity index (χ4v) is 3.33. The number of fused-ring (bicyclic) bond motifs is 1. The minimum Gasteiger partial charge on any atom is -0.460 e. The molecule has 0 fully saturated rings. The van der Waals surface area contributed by atoms with E-state index >= 15 is 0 Å². The second-order valence-electron chi connectivity index (χ2n) is 6.52. The molecule has 1 N–H and O–H groups in total. The maximum absolute atomic E-state index is 12.8. The van der Waals surface area contributed by atoms with Crippen LogP contribution >= 0.6 is 0 Å². The largest absolute Gasteiger partial charge is 0.460 e. The van der Waals surface area contributed by atoms with Crippen LogP contribution < -0.4 is 5.32 Å². The van der Waals surface area contributed by atoms with Crippen molar-refractivity contribution in [1.29, 1.82) is 0 Å². The number of rotatable bonds is 7. The van der Waals surface area contributed by atoms with Gasteiger partial charge in [-0.25, -0.2) is 9.59 Å². The van der Waals surface area contributed by atoms with Crippen LogP contribution in [-0.4, -0.2) is 43.8 Å². The SMILES string of the molecule is C=CCN1C(=O)N[C@H](c2ccc3ccccc3c2)C(C(=O)OCCOC)=C1C. The molecule has 6 nitrogen and oxygen atoms in total. The van der Waals surface area contributed by atoms with Gasteiger partial charge in [0.2, 0.25) is 0 Å². The molecule has 0 radical (unpaired) electrons. The minimum absolute atomic E-state index is 0.145. The quantitative estimate of drug-likeness (QED) is 0.453. The van der Waals surface area contributed by atoms with E-state index < -0.39 is 12.0 Å². The first-order valence-corrected chi connectivity index (χ1v) is 9.11. The fourth-order valence-electron chi connectivity index (χ4n) is 3.33. The van der Waals surface area contributed by atoms with Crippen LogP contribution in [0, 0.1) is 0 Å². The van der Waals surface area contributed by atoms with Crippen LogP contribution in [0.2, 0.25) is 0 Å². The lowest BCUT2D eigenvalue weighted by molar-refractivity contribution is -0.140. The topological polar surface area (TPSA) is 67.9 Å². The summed E-state index contributed by atoms with van der Waals surface area (Å²) >= 11 is 0. The summed E-state index contributed by atoms with van der Waals surface area (Å²) in [6.45, 7) is 6.20. The monoisotopic (exact) mass is 380 g/mol. The number of nitrogens with one attached hydrogen (secondary N) is 1. The van der Waals surface area contributed by atoms with Crippen LogP contribution in [0.1, 0.15) is 18.5 Å². The van der Waals surface area contributed by atoms with Crippen molar-refractivity contribution in [1.82, 2.24) is 10.2 Å². The second-order valence-corrected chi connectivity index (χ2v) is 6.52. The van der Waals surface area contributed by atoms with E-state index in [4.69, 9.17) is 9.47 Å². The average Bonchev–Trinajstić information content (AvgIpc) is 2.70. The first-order valence-electron chi connectivity index (χ1n) is 9.11. The summed E-state index contributed by atoms with van der Waals surface area (Å²) in [4.78, 5) is 27.0. The van der Waals surface area contributed by atoms with Crippen molar-refractivity contribution in [3.05, 3.63) is 72.0 Å². The Morgan fingerprint density at radius 3 is 2.68 bits per heavy atom. The van der Waals surface area contributed by atoms with Gasteiger partial charge >= 0.3 is 12.0 Å². The van der Waals surface area contributed by atoms with Crippen molar-refractivity contribution in [2.75, 3.05) is 26.9 Å². The molecule has 28 heavy (non-hydrogen) atoms. The van der Waals surface area contributed by atoms with E-state index in [-0.39, 0.29) is 12.6 Å². The van der Waals surface area contributed by atoms with Gasteiger partial charge in [0.05, 0.1) is 18.2 Å². The third-order valence-corrected chi connectivity index (χ3v) is 4.76. The lowest BCUT2D eigenvalue weighted by atomic mass is 9.93. The number of benzene rings is 2. The maximum atomic E-state index is 12.8. The summed E-state index contributed by atoms with van der Waals surface area (Å²) < 4.78 is 10.3. The van der Waals surface area contributed by atoms with Gasteiger partial charge in [0.15, 0.2) is 0 Å². The van der Waals surface area contributed by atoms with Crippen LogP contribution in [0.15, 0.2) is 66.4 Å². The molecule has 6 heteroatoms. The third-order valence-electron chi connectivity index (χ3n) is 4.76. The molecule has 0 bridgehead atoms. The molecule has 0 unspecified atom stereocenters. The van der Waals surface area contributed by atoms with E-state index in [2.05, 4.69) is 11.9 Å². The van der Waals surface area contributed by atoms with Crippen LogP contribution in [0.25, 0.3) is 10.8 Å². The van der Waals surface area contributed by atoms with E-state index in [0.717, 1.165) is 16.3 Å². The van der Waals surface area contributed by atoms with Crippen LogP contribution in [0.5, 0.6) is 0 Å². The van der Waals surface area contributed by atoms with Crippen molar-refractivity contribution in [3.8, 4) is 0 Å². The van der Waals surface area contributed by atoms with Gasteiger partial charge in [-0.1, -0.05) is 42.5 Å². The van der Waals surface area contributed by atoms with Gasteiger partial charge in [-0.15, -0.1) is 6.58 Å². The summed E-state index contributed by atoms with van der Waals surface area (Å²) in [5.74, 6) is -0.471. The lowest BCUT2D eigenvalue weighted by Crippen LogP contribution is -2.48.